The molecule has 1 heterocycles. The van der Waals surface area contributed by atoms with Gasteiger partial charge in [0.2, 0.25) is 0 Å². The molecule has 0 aromatic rings. The Kier molecular flexibility index (Phi) is 2.46. The van der Waals surface area contributed by atoms with Gasteiger partial charge < -0.3 is 5.73 Å². The molecule has 1 unspecified atom stereocenters. The summed E-state index contributed by atoms with van der Waals surface area (Å²) in [4.78, 5) is 2.01. The van der Waals surface area contributed by atoms with Crippen molar-refractivity contribution in [2.75, 3.05) is 26.7 Å². The predicted molar refractivity (Wildman–Crippen MR) is 42.4 cm³/mol. The summed E-state index contributed by atoms with van der Waals surface area (Å²) in [5.74, 6) is 0. The van der Waals surface area contributed by atoms with Crippen LogP contribution < -0.4 is 5.73 Å². The molecular formula is C7H14FN3. The molecule has 4 heteroatoms. The summed E-state index contributed by atoms with van der Waals surface area (Å²) in [6.07, 6.45) is 0. The van der Waals surface area contributed by atoms with Crippen molar-refractivity contribution in [3.63, 3.8) is 0 Å². The van der Waals surface area contributed by atoms with E-state index in [1.165, 1.54) is 0 Å². The van der Waals surface area contributed by atoms with Gasteiger partial charge in [-0.05, 0) is 7.05 Å². The third kappa shape index (κ3) is 1.91. The summed E-state index contributed by atoms with van der Waals surface area (Å²) in [6.45, 7) is 5.11. The lowest BCUT2D eigenvalue weighted by atomic mass is 10.1. The van der Waals surface area contributed by atoms with E-state index in [0.29, 0.717) is 25.3 Å². The first kappa shape index (κ1) is 8.49. The molecule has 1 aliphatic heterocycles. The monoisotopic (exact) mass is 159 g/mol. The molecule has 3 nitrogen and oxygen atoms in total. The van der Waals surface area contributed by atoms with E-state index in [2.05, 4.69) is 6.58 Å². The van der Waals surface area contributed by atoms with Gasteiger partial charge in [-0.1, -0.05) is 6.58 Å². The zero-order chi connectivity index (χ0) is 8.43. The Bertz CT molecular complexity index is 160. The van der Waals surface area contributed by atoms with E-state index in [0.717, 1.165) is 5.12 Å². The first-order chi connectivity index (χ1) is 5.11. The van der Waals surface area contributed by atoms with E-state index < -0.39 is 0 Å². The third-order valence-corrected chi connectivity index (χ3v) is 2.03. The molecule has 0 spiro atoms. The highest BCUT2D eigenvalue weighted by molar-refractivity contribution is 5.02. The molecule has 0 aromatic carbocycles. The van der Waals surface area contributed by atoms with Crippen molar-refractivity contribution in [3.8, 4) is 0 Å². The summed E-state index contributed by atoms with van der Waals surface area (Å²) >= 11 is 0. The van der Waals surface area contributed by atoms with Crippen LogP contribution in [0.2, 0.25) is 0 Å². The lowest BCUT2D eigenvalue weighted by Gasteiger charge is -2.35. The topological polar surface area (TPSA) is 32.5 Å². The van der Waals surface area contributed by atoms with Crippen LogP contribution in [0.3, 0.4) is 0 Å². The number of piperazine rings is 1. The lowest BCUT2D eigenvalue weighted by Crippen LogP contribution is -2.50. The zero-order valence-electron chi connectivity index (χ0n) is 6.76. The molecule has 1 atom stereocenters. The highest BCUT2D eigenvalue weighted by Gasteiger charge is 2.24. The lowest BCUT2D eigenvalue weighted by molar-refractivity contribution is -0.0337. The minimum atomic E-state index is -0.0336. The summed E-state index contributed by atoms with van der Waals surface area (Å²) in [7, 11) is 1.93. The van der Waals surface area contributed by atoms with Crippen LogP contribution in [-0.2, 0) is 0 Å². The molecule has 0 aliphatic carbocycles. The smallest absolute Gasteiger partial charge is 0.0639 e. The van der Waals surface area contributed by atoms with E-state index in [9.17, 15) is 4.48 Å². The van der Waals surface area contributed by atoms with Crippen molar-refractivity contribution in [2.45, 2.75) is 6.04 Å². The van der Waals surface area contributed by atoms with Gasteiger partial charge in [0.05, 0.1) is 12.6 Å². The van der Waals surface area contributed by atoms with E-state index in [-0.39, 0.29) is 6.04 Å². The number of hydrogen-bond donors (Lipinski definition) is 1. The molecule has 1 saturated heterocycles. The second-order valence-corrected chi connectivity index (χ2v) is 2.94. The molecule has 0 amide bonds. The maximum Gasteiger partial charge on any atom is 0.0639 e. The van der Waals surface area contributed by atoms with Crippen LogP contribution in [0.5, 0.6) is 0 Å². The molecule has 0 aromatic heterocycles. The average molecular weight is 159 g/mol. The predicted octanol–water partition coefficient (Wildman–Crippen LogP) is -0.0407. The van der Waals surface area contributed by atoms with E-state index in [1.54, 1.807) is 0 Å². The summed E-state index contributed by atoms with van der Waals surface area (Å²) in [5, 5.41) is 0.780. The Morgan fingerprint density at radius 3 is 2.73 bits per heavy atom. The number of nitrogens with zero attached hydrogens (tertiary/aromatic N) is 2. The number of hydrogen-bond acceptors (Lipinski definition) is 3. The normalized spacial score (nSPS) is 28.7. The van der Waals surface area contributed by atoms with Crippen molar-refractivity contribution in [1.29, 1.82) is 0 Å². The number of likely N-dealkylation sites (N-methyl/N-ethyl adjacent to an activating group) is 1. The van der Waals surface area contributed by atoms with Gasteiger partial charge in [0.25, 0.3) is 0 Å². The third-order valence-electron chi connectivity index (χ3n) is 2.03. The first-order valence-corrected chi connectivity index (χ1v) is 3.66. The minimum absolute atomic E-state index is 0.0336. The molecule has 11 heavy (non-hydrogen) atoms. The Morgan fingerprint density at radius 1 is 1.64 bits per heavy atom. The summed E-state index contributed by atoms with van der Waals surface area (Å²) < 4.78 is 12.7. The SMILES string of the molecule is C=C(N)C1CN(F)CCN1C. The Labute approximate surface area is 66.2 Å². The van der Waals surface area contributed by atoms with Crippen LogP contribution in [-0.4, -0.2) is 42.7 Å². The number of nitrogens with two attached hydrogens (primary N) is 1. The van der Waals surface area contributed by atoms with Crippen LogP contribution in [0.4, 0.5) is 4.48 Å². The maximum absolute atomic E-state index is 12.7. The van der Waals surface area contributed by atoms with Crippen LogP contribution in [0.15, 0.2) is 12.3 Å². The molecule has 1 rings (SSSR count). The van der Waals surface area contributed by atoms with Gasteiger partial charge in [0.15, 0.2) is 0 Å². The second-order valence-electron chi connectivity index (χ2n) is 2.94. The largest absolute Gasteiger partial charge is 0.401 e. The highest BCUT2D eigenvalue weighted by Crippen LogP contribution is 2.10. The van der Waals surface area contributed by atoms with Gasteiger partial charge in [-0.25, -0.2) is 0 Å². The molecule has 1 aliphatic rings. The van der Waals surface area contributed by atoms with Crippen LogP contribution in [0.25, 0.3) is 0 Å². The summed E-state index contributed by atoms with van der Waals surface area (Å²) in [6, 6.07) is -0.0336. The molecule has 0 saturated carbocycles. The van der Waals surface area contributed by atoms with Crippen LogP contribution in [0, 0.1) is 0 Å². The molecule has 0 radical (unpaired) electrons. The first-order valence-electron chi connectivity index (χ1n) is 3.66. The van der Waals surface area contributed by atoms with Crippen molar-refractivity contribution in [2.24, 2.45) is 5.73 Å². The fraction of sp³-hybridized carbons (Fsp3) is 0.714. The Balaban J connectivity index is 2.54. The quantitative estimate of drug-likeness (QED) is 0.545. The molecule has 2 N–H and O–H groups in total. The van der Waals surface area contributed by atoms with E-state index in [4.69, 9.17) is 5.73 Å². The highest BCUT2D eigenvalue weighted by atomic mass is 19.2. The van der Waals surface area contributed by atoms with Gasteiger partial charge >= 0.3 is 0 Å². The zero-order valence-corrected chi connectivity index (χ0v) is 6.76. The fourth-order valence-electron chi connectivity index (χ4n) is 1.24. The molecule has 0 bridgehead atoms. The Hall–Kier alpha value is -0.610. The van der Waals surface area contributed by atoms with Crippen molar-refractivity contribution >= 4 is 0 Å². The van der Waals surface area contributed by atoms with Crippen LogP contribution in [0.1, 0.15) is 0 Å². The van der Waals surface area contributed by atoms with Gasteiger partial charge in [0, 0.05) is 18.8 Å². The standard InChI is InChI=1S/C7H14FN3/c1-6(9)7-5-11(8)4-3-10(7)2/h7H,1,3-5,9H2,2H3. The van der Waals surface area contributed by atoms with Crippen molar-refractivity contribution in [1.82, 2.24) is 10.0 Å². The number of rotatable bonds is 1. The molecule has 64 valence electrons. The average Bonchev–Trinajstić information content (AvgIpc) is 1.94. The van der Waals surface area contributed by atoms with Crippen molar-refractivity contribution < 1.29 is 4.48 Å². The minimum Gasteiger partial charge on any atom is -0.401 e. The molecular weight excluding hydrogens is 145 g/mol. The Morgan fingerprint density at radius 2 is 2.27 bits per heavy atom. The second kappa shape index (κ2) is 3.19. The van der Waals surface area contributed by atoms with Crippen molar-refractivity contribution in [3.05, 3.63) is 12.3 Å². The van der Waals surface area contributed by atoms with Gasteiger partial charge in [-0.3, -0.25) is 4.90 Å². The van der Waals surface area contributed by atoms with Gasteiger partial charge in [-0.2, -0.15) is 0 Å². The van der Waals surface area contributed by atoms with Crippen LogP contribution >= 0.6 is 0 Å². The summed E-state index contributed by atoms with van der Waals surface area (Å²) in [5.41, 5.74) is 6.03. The number of halogens is 1. The maximum atomic E-state index is 12.7. The fourth-order valence-corrected chi connectivity index (χ4v) is 1.24. The van der Waals surface area contributed by atoms with E-state index >= 15 is 0 Å². The van der Waals surface area contributed by atoms with E-state index in [1.807, 2.05) is 11.9 Å². The van der Waals surface area contributed by atoms with Gasteiger partial charge in [0.1, 0.15) is 0 Å². The molecule has 1 fully saturated rings. The van der Waals surface area contributed by atoms with Gasteiger partial charge in [-0.15, -0.1) is 9.60 Å².